The van der Waals surface area contributed by atoms with Crippen LogP contribution in [-0.2, 0) is 9.16 Å². The first-order valence-corrected chi connectivity index (χ1v) is 12.5. The number of hydrogen-bond donors (Lipinski definition) is 1. The van der Waals surface area contributed by atoms with Gasteiger partial charge in [-0.25, -0.2) is 0 Å². The van der Waals surface area contributed by atoms with E-state index in [-0.39, 0.29) is 17.2 Å². The van der Waals surface area contributed by atoms with Crippen LogP contribution in [0.5, 0.6) is 0 Å². The minimum Gasteiger partial charge on any atom is -0.399 e. The van der Waals surface area contributed by atoms with Gasteiger partial charge in [-0.1, -0.05) is 104 Å². The van der Waals surface area contributed by atoms with Crippen LogP contribution >= 0.6 is 22.6 Å². The van der Waals surface area contributed by atoms with Crippen molar-refractivity contribution in [2.24, 2.45) is 0 Å². The number of rotatable bonds is 5. The molecule has 1 saturated heterocycles. The van der Waals surface area contributed by atoms with E-state index in [4.69, 9.17) is 9.16 Å². The minimum absolute atomic E-state index is 0.0766. The number of halogens is 1. The summed E-state index contributed by atoms with van der Waals surface area (Å²) in [4.78, 5) is 0. The van der Waals surface area contributed by atoms with Crippen molar-refractivity contribution >= 4 is 41.3 Å². The number of aliphatic hydroxyl groups is 1. The fraction of sp³-hybridized carbons (Fsp3) is 0.429. The molecule has 0 saturated carbocycles. The molecule has 0 amide bonds. The van der Waals surface area contributed by atoms with E-state index < -0.39 is 14.4 Å². The molecule has 26 heavy (non-hydrogen) atoms. The Morgan fingerprint density at radius 1 is 1.04 bits per heavy atom. The highest BCUT2D eigenvalue weighted by molar-refractivity contribution is 14.1. The second-order valence-corrected chi connectivity index (χ2v) is 13.0. The van der Waals surface area contributed by atoms with Gasteiger partial charge < -0.3 is 14.3 Å². The molecule has 0 spiro atoms. The average Bonchev–Trinajstić information content (AvgIpc) is 2.99. The molecule has 5 heteroatoms. The van der Waals surface area contributed by atoms with Crippen molar-refractivity contribution in [2.75, 3.05) is 11.0 Å². The third-order valence-electron chi connectivity index (χ3n) is 5.11. The van der Waals surface area contributed by atoms with Gasteiger partial charge >= 0.3 is 0 Å². The molecule has 0 unspecified atom stereocenters. The molecule has 1 aliphatic heterocycles. The summed E-state index contributed by atoms with van der Waals surface area (Å²) in [7, 11) is -2.66. The predicted octanol–water partition coefficient (Wildman–Crippen LogP) is 3.13. The fourth-order valence-electron chi connectivity index (χ4n) is 3.84. The smallest absolute Gasteiger partial charge is 0.261 e. The van der Waals surface area contributed by atoms with Crippen LogP contribution in [-0.4, -0.2) is 42.8 Å². The average molecular weight is 482 g/mol. The zero-order chi connectivity index (χ0) is 18.8. The van der Waals surface area contributed by atoms with Crippen molar-refractivity contribution in [1.29, 1.82) is 0 Å². The van der Waals surface area contributed by atoms with E-state index >= 15 is 0 Å². The Balaban J connectivity index is 2.18. The standard InChI is InChI=1S/C21H27IO3Si/c1-21(2,3)26(16-10-6-4-7-11-16,17-12-8-5-9-13-17)25-20-18(23)15-24-19(20)14-22/h4-13,18-20,23H,14-15H2,1-3H3/t18-,19+,20-/m1/s1. The molecule has 0 aromatic heterocycles. The van der Waals surface area contributed by atoms with Gasteiger partial charge in [-0.15, -0.1) is 0 Å². The van der Waals surface area contributed by atoms with Crippen LogP contribution in [0.3, 0.4) is 0 Å². The van der Waals surface area contributed by atoms with E-state index in [1.807, 2.05) is 12.1 Å². The maximum Gasteiger partial charge on any atom is 0.261 e. The summed E-state index contributed by atoms with van der Waals surface area (Å²) in [6, 6.07) is 21.1. The number of alkyl halides is 1. The largest absolute Gasteiger partial charge is 0.399 e. The van der Waals surface area contributed by atoms with Crippen LogP contribution in [0.2, 0.25) is 5.04 Å². The fourth-order valence-corrected chi connectivity index (χ4v) is 9.33. The quantitative estimate of drug-likeness (QED) is 0.405. The van der Waals surface area contributed by atoms with Gasteiger partial charge in [0.25, 0.3) is 8.32 Å². The van der Waals surface area contributed by atoms with Gasteiger partial charge in [0.1, 0.15) is 12.2 Å². The molecule has 1 fully saturated rings. The second kappa shape index (κ2) is 8.10. The van der Waals surface area contributed by atoms with Crippen LogP contribution in [0.25, 0.3) is 0 Å². The molecule has 3 nitrogen and oxygen atoms in total. The Hall–Kier alpha value is -0.733. The molecule has 2 aromatic carbocycles. The molecule has 3 rings (SSSR count). The third kappa shape index (κ3) is 3.64. The monoisotopic (exact) mass is 482 g/mol. The van der Waals surface area contributed by atoms with E-state index in [1.54, 1.807) is 0 Å². The molecule has 0 bridgehead atoms. The Kier molecular flexibility index (Phi) is 6.24. The lowest BCUT2D eigenvalue weighted by Crippen LogP contribution is -2.69. The number of aliphatic hydroxyl groups excluding tert-OH is 1. The first-order chi connectivity index (χ1) is 12.4. The molecule has 1 heterocycles. The van der Waals surface area contributed by atoms with E-state index in [0.29, 0.717) is 6.61 Å². The molecule has 1 N–H and O–H groups in total. The SMILES string of the molecule is CC(C)(C)[Si](O[C@@H]1[C@H](O)CO[C@H]1CI)(c1ccccc1)c1ccccc1. The van der Waals surface area contributed by atoms with Gasteiger partial charge in [-0.3, -0.25) is 0 Å². The molecule has 1 aliphatic rings. The van der Waals surface area contributed by atoms with Crippen LogP contribution in [0.15, 0.2) is 60.7 Å². The van der Waals surface area contributed by atoms with E-state index in [1.165, 1.54) is 10.4 Å². The summed E-state index contributed by atoms with van der Waals surface area (Å²) in [6.45, 7) is 7.10. The molecule has 3 atom stereocenters. The van der Waals surface area contributed by atoms with Crippen molar-refractivity contribution < 1.29 is 14.3 Å². The van der Waals surface area contributed by atoms with Crippen LogP contribution < -0.4 is 10.4 Å². The molecular formula is C21H27IO3Si. The van der Waals surface area contributed by atoms with Crippen LogP contribution in [0.4, 0.5) is 0 Å². The summed E-state index contributed by atoms with van der Waals surface area (Å²) >= 11 is 2.32. The Labute approximate surface area is 171 Å². The molecule has 0 radical (unpaired) electrons. The third-order valence-corrected chi connectivity index (χ3v) is 11.0. The lowest BCUT2D eigenvalue weighted by Gasteiger charge is -2.45. The zero-order valence-electron chi connectivity index (χ0n) is 15.6. The Morgan fingerprint density at radius 3 is 1.96 bits per heavy atom. The lowest BCUT2D eigenvalue weighted by atomic mass is 10.2. The number of benzene rings is 2. The van der Waals surface area contributed by atoms with Gasteiger partial charge in [0.05, 0.1) is 12.7 Å². The Morgan fingerprint density at radius 2 is 1.54 bits per heavy atom. The maximum atomic E-state index is 10.6. The summed E-state index contributed by atoms with van der Waals surface area (Å²) in [5.41, 5.74) is 0. The normalized spacial score (nSPS) is 24.0. The van der Waals surface area contributed by atoms with Crippen LogP contribution in [0.1, 0.15) is 20.8 Å². The predicted molar refractivity (Wildman–Crippen MR) is 117 cm³/mol. The van der Waals surface area contributed by atoms with Gasteiger partial charge in [-0.05, 0) is 15.4 Å². The van der Waals surface area contributed by atoms with Crippen molar-refractivity contribution in [1.82, 2.24) is 0 Å². The minimum atomic E-state index is -2.66. The molecule has 0 aliphatic carbocycles. The van der Waals surface area contributed by atoms with Crippen molar-refractivity contribution in [3.63, 3.8) is 0 Å². The highest BCUT2D eigenvalue weighted by atomic mass is 127. The summed E-state index contributed by atoms with van der Waals surface area (Å²) in [5, 5.41) is 12.9. The molecular weight excluding hydrogens is 455 g/mol. The van der Waals surface area contributed by atoms with Gasteiger partial charge in [0, 0.05) is 4.43 Å². The highest BCUT2D eigenvalue weighted by Gasteiger charge is 2.54. The van der Waals surface area contributed by atoms with E-state index in [9.17, 15) is 5.11 Å². The first-order valence-electron chi connectivity index (χ1n) is 9.04. The van der Waals surface area contributed by atoms with Gasteiger partial charge in [-0.2, -0.15) is 0 Å². The van der Waals surface area contributed by atoms with Crippen molar-refractivity contribution in [2.45, 2.75) is 44.1 Å². The number of ether oxygens (including phenoxy) is 1. The van der Waals surface area contributed by atoms with Gasteiger partial charge in [0.15, 0.2) is 0 Å². The number of hydrogen-bond acceptors (Lipinski definition) is 3. The van der Waals surface area contributed by atoms with Crippen molar-refractivity contribution in [3.8, 4) is 0 Å². The lowest BCUT2D eigenvalue weighted by molar-refractivity contribution is 0.0463. The second-order valence-electron chi connectivity index (χ2n) is 7.84. The maximum absolute atomic E-state index is 10.6. The van der Waals surface area contributed by atoms with Crippen molar-refractivity contribution in [3.05, 3.63) is 60.7 Å². The van der Waals surface area contributed by atoms with Gasteiger partial charge in [0.2, 0.25) is 0 Å². The van der Waals surface area contributed by atoms with Crippen LogP contribution in [0, 0.1) is 0 Å². The highest BCUT2D eigenvalue weighted by Crippen LogP contribution is 2.39. The first kappa shape index (κ1) is 20.0. The summed E-state index contributed by atoms with van der Waals surface area (Å²) in [6.07, 6.45) is -0.970. The topological polar surface area (TPSA) is 38.7 Å². The molecule has 2 aromatic rings. The molecule has 140 valence electrons. The van der Waals surface area contributed by atoms with E-state index in [0.717, 1.165) is 4.43 Å². The Bertz CT molecular complexity index is 663. The summed E-state index contributed by atoms with van der Waals surface area (Å²) < 4.78 is 13.6. The summed E-state index contributed by atoms with van der Waals surface area (Å²) in [5.74, 6) is 0. The van der Waals surface area contributed by atoms with E-state index in [2.05, 4.69) is 91.9 Å². The zero-order valence-corrected chi connectivity index (χ0v) is 18.7.